The van der Waals surface area contributed by atoms with Crippen LogP contribution in [-0.4, -0.2) is 96.7 Å². The molecule has 0 radical (unpaired) electrons. The predicted octanol–water partition coefficient (Wildman–Crippen LogP) is 22.3. The summed E-state index contributed by atoms with van der Waals surface area (Å²) in [6.45, 7) is 9.51. The number of carbonyl (C=O) groups excluding carboxylic acids is 4. The van der Waals surface area contributed by atoms with Gasteiger partial charge in [-0.15, -0.1) is 0 Å². The maximum atomic E-state index is 13.1. The van der Waals surface area contributed by atoms with Crippen molar-refractivity contribution in [3.8, 4) is 0 Å². The van der Waals surface area contributed by atoms with E-state index in [4.69, 9.17) is 37.0 Å². The molecule has 0 aromatic heterocycles. The fraction of sp³-hybridized carbons (Fsp3) is 0.947. The molecule has 5 atom stereocenters. The average molecular weight is 1400 g/mol. The molecule has 0 saturated heterocycles. The van der Waals surface area contributed by atoms with Gasteiger partial charge < -0.3 is 33.8 Å². The minimum Gasteiger partial charge on any atom is -0.462 e. The van der Waals surface area contributed by atoms with E-state index in [0.717, 1.165) is 95.8 Å². The Kier molecular flexibility index (Phi) is 66.5. The molecule has 0 aliphatic carbocycles. The first-order valence-corrected chi connectivity index (χ1v) is 42.5. The smallest absolute Gasteiger partial charge is 0.462 e. The second kappa shape index (κ2) is 67.9. The highest BCUT2D eigenvalue weighted by Crippen LogP contribution is 2.45. The van der Waals surface area contributed by atoms with Crippen LogP contribution < -0.4 is 0 Å². The quantitative estimate of drug-likeness (QED) is 0.0222. The molecule has 0 aliphatic rings. The van der Waals surface area contributed by atoms with Crippen LogP contribution in [-0.2, 0) is 65.4 Å². The van der Waals surface area contributed by atoms with Crippen molar-refractivity contribution in [1.82, 2.24) is 0 Å². The Balaban J connectivity index is 5.16. The van der Waals surface area contributed by atoms with Gasteiger partial charge in [-0.25, -0.2) is 9.13 Å². The Morgan fingerprint density at radius 1 is 0.284 bits per heavy atom. The van der Waals surface area contributed by atoms with E-state index in [0.29, 0.717) is 31.6 Å². The first-order chi connectivity index (χ1) is 45.9. The Hall–Kier alpha value is -1.94. The number of esters is 4. The highest BCUT2D eigenvalue weighted by atomic mass is 31.2. The summed E-state index contributed by atoms with van der Waals surface area (Å²) >= 11 is 0. The first kappa shape index (κ1) is 93.1. The Labute approximate surface area is 581 Å². The SMILES string of the molecule is CCCCCCCCCCCCCCCCCCCCCCCCC(=O)O[C@H](COC(=O)CCCCCCCCCCCCCC(C)C)COP(=O)(O)OC[C@@H](O)COP(=O)(O)OC[C@@H](COC(=O)CCCCCCCCCCC)OC(=O)CCCCCCCCCC(C)C. The highest BCUT2D eigenvalue weighted by molar-refractivity contribution is 7.47. The third kappa shape index (κ3) is 70.3. The zero-order valence-corrected chi connectivity index (χ0v) is 63.8. The third-order valence-corrected chi connectivity index (χ3v) is 19.6. The van der Waals surface area contributed by atoms with Gasteiger partial charge >= 0.3 is 39.5 Å². The zero-order valence-electron chi connectivity index (χ0n) is 62.0. The summed E-state index contributed by atoms with van der Waals surface area (Å²) in [5.74, 6) is -0.654. The number of aliphatic hydroxyl groups excluding tert-OH is 1. The van der Waals surface area contributed by atoms with Gasteiger partial charge in [0.1, 0.15) is 19.3 Å². The Bertz CT molecular complexity index is 1840. The number of phosphoric acid groups is 2. The molecule has 19 heteroatoms. The van der Waals surface area contributed by atoms with Crippen LogP contribution in [0.5, 0.6) is 0 Å². The van der Waals surface area contributed by atoms with Gasteiger partial charge in [0, 0.05) is 25.7 Å². The van der Waals surface area contributed by atoms with Gasteiger partial charge in [0.25, 0.3) is 0 Å². The number of unbranched alkanes of at least 4 members (excludes halogenated alkanes) is 45. The summed E-state index contributed by atoms with van der Waals surface area (Å²) in [6, 6.07) is 0. The van der Waals surface area contributed by atoms with Crippen molar-refractivity contribution in [2.75, 3.05) is 39.6 Å². The van der Waals surface area contributed by atoms with Crippen LogP contribution in [0.4, 0.5) is 0 Å². The lowest BCUT2D eigenvalue weighted by Crippen LogP contribution is -2.30. The van der Waals surface area contributed by atoms with Gasteiger partial charge in [-0.1, -0.05) is 343 Å². The fourth-order valence-electron chi connectivity index (χ4n) is 11.7. The van der Waals surface area contributed by atoms with Crippen LogP contribution in [0.1, 0.15) is 395 Å². The van der Waals surface area contributed by atoms with Gasteiger partial charge in [0.15, 0.2) is 12.2 Å². The molecule has 2 unspecified atom stereocenters. The molecule has 0 heterocycles. The molecule has 0 aromatic rings. The summed E-state index contributed by atoms with van der Waals surface area (Å²) in [6.07, 6.45) is 55.8. The molecule has 564 valence electrons. The second-order valence-corrected chi connectivity index (χ2v) is 31.3. The van der Waals surface area contributed by atoms with Crippen molar-refractivity contribution in [3.63, 3.8) is 0 Å². The van der Waals surface area contributed by atoms with Crippen LogP contribution in [0.15, 0.2) is 0 Å². The van der Waals surface area contributed by atoms with E-state index in [1.54, 1.807) is 0 Å². The summed E-state index contributed by atoms with van der Waals surface area (Å²) in [7, 11) is -9.91. The van der Waals surface area contributed by atoms with Gasteiger partial charge in [0.2, 0.25) is 0 Å². The molecule has 0 fully saturated rings. The maximum absolute atomic E-state index is 13.1. The van der Waals surface area contributed by atoms with Crippen LogP contribution in [0.3, 0.4) is 0 Å². The molecule has 0 saturated carbocycles. The number of rotatable bonds is 75. The molecule has 0 bridgehead atoms. The fourth-order valence-corrected chi connectivity index (χ4v) is 13.2. The zero-order chi connectivity index (χ0) is 70.0. The number of ether oxygens (including phenoxy) is 4. The molecule has 95 heavy (non-hydrogen) atoms. The number of hydrogen-bond acceptors (Lipinski definition) is 15. The van der Waals surface area contributed by atoms with E-state index in [-0.39, 0.29) is 25.7 Å². The lowest BCUT2D eigenvalue weighted by Gasteiger charge is -2.21. The van der Waals surface area contributed by atoms with E-state index >= 15 is 0 Å². The molecule has 0 aliphatic heterocycles. The Morgan fingerprint density at radius 2 is 0.484 bits per heavy atom. The van der Waals surface area contributed by atoms with E-state index in [9.17, 15) is 43.2 Å². The molecule has 0 aromatic carbocycles. The summed E-state index contributed by atoms with van der Waals surface area (Å²) in [5.41, 5.74) is 0. The third-order valence-electron chi connectivity index (χ3n) is 17.7. The van der Waals surface area contributed by atoms with Crippen LogP contribution >= 0.6 is 15.6 Å². The summed E-state index contributed by atoms with van der Waals surface area (Å²) < 4.78 is 68.4. The molecule has 3 N–H and O–H groups in total. The van der Waals surface area contributed by atoms with E-state index in [1.807, 2.05) is 0 Å². The summed E-state index contributed by atoms with van der Waals surface area (Å²) in [5, 5.41) is 10.6. The molecule has 0 amide bonds. The van der Waals surface area contributed by atoms with Gasteiger partial charge in [-0.2, -0.15) is 0 Å². The Morgan fingerprint density at radius 3 is 0.716 bits per heavy atom. The van der Waals surface area contributed by atoms with Crippen molar-refractivity contribution < 1.29 is 80.2 Å². The standard InChI is InChI=1S/C76H148O17P2/c1-7-9-11-13-15-17-18-19-20-21-22-23-24-25-26-27-28-31-36-42-48-54-60-75(80)92-71(64-87-74(79)59-53-47-41-35-32-29-30-34-38-44-50-56-68(3)4)66-90-94(82,83)88-62-70(77)63-89-95(84,85)91-67-72(65-86-73(78)58-52-46-40-33-16-14-12-10-8-2)93-76(81)61-55-49-43-37-39-45-51-57-69(5)6/h68-72,77H,7-67H2,1-6H3,(H,82,83)(H,84,85)/t70-,71-,72-/m1/s1. The molecular formula is C76H148O17P2. The van der Waals surface area contributed by atoms with Crippen molar-refractivity contribution in [3.05, 3.63) is 0 Å². The average Bonchev–Trinajstić information content (AvgIpc) is 1.94. The van der Waals surface area contributed by atoms with Crippen LogP contribution in [0.2, 0.25) is 0 Å². The molecule has 0 spiro atoms. The van der Waals surface area contributed by atoms with Crippen molar-refractivity contribution >= 4 is 39.5 Å². The predicted molar refractivity (Wildman–Crippen MR) is 386 cm³/mol. The topological polar surface area (TPSA) is 237 Å². The second-order valence-electron chi connectivity index (χ2n) is 28.3. The molecule has 17 nitrogen and oxygen atoms in total. The number of carbonyl (C=O) groups is 4. The number of hydrogen-bond donors (Lipinski definition) is 3. The van der Waals surface area contributed by atoms with Gasteiger partial charge in [-0.05, 0) is 37.5 Å². The minimum atomic E-state index is -4.96. The minimum absolute atomic E-state index is 0.104. The molecule has 0 rings (SSSR count). The van der Waals surface area contributed by atoms with E-state index < -0.39 is 97.5 Å². The first-order valence-electron chi connectivity index (χ1n) is 39.5. The van der Waals surface area contributed by atoms with Crippen molar-refractivity contribution in [1.29, 1.82) is 0 Å². The monoisotopic (exact) mass is 1400 g/mol. The van der Waals surface area contributed by atoms with Crippen molar-refractivity contribution in [2.45, 2.75) is 413 Å². The van der Waals surface area contributed by atoms with E-state index in [1.165, 1.54) is 212 Å². The largest absolute Gasteiger partial charge is 0.472 e. The highest BCUT2D eigenvalue weighted by Gasteiger charge is 2.30. The lowest BCUT2D eigenvalue weighted by atomic mass is 10.0. The van der Waals surface area contributed by atoms with Crippen LogP contribution in [0.25, 0.3) is 0 Å². The normalized spacial score (nSPS) is 14.0. The van der Waals surface area contributed by atoms with Gasteiger partial charge in [0.05, 0.1) is 26.4 Å². The number of phosphoric ester groups is 2. The maximum Gasteiger partial charge on any atom is 0.472 e. The summed E-state index contributed by atoms with van der Waals surface area (Å²) in [4.78, 5) is 72.7. The number of aliphatic hydroxyl groups is 1. The van der Waals surface area contributed by atoms with E-state index in [2.05, 4.69) is 41.5 Å². The van der Waals surface area contributed by atoms with Crippen LogP contribution in [0, 0.1) is 11.8 Å². The van der Waals surface area contributed by atoms with Crippen molar-refractivity contribution in [2.24, 2.45) is 11.8 Å². The molecular weight excluding hydrogens is 1250 g/mol. The lowest BCUT2D eigenvalue weighted by molar-refractivity contribution is -0.161. The van der Waals surface area contributed by atoms with Gasteiger partial charge in [-0.3, -0.25) is 37.3 Å².